The molecule has 1 saturated carbocycles. The van der Waals surface area contributed by atoms with Gasteiger partial charge in [0.15, 0.2) is 5.65 Å². The minimum Gasteiger partial charge on any atom is -0.496 e. The molecule has 0 atom stereocenters. The number of aliphatic hydroxyl groups excluding tert-OH is 1. The van der Waals surface area contributed by atoms with Crippen molar-refractivity contribution in [3.8, 4) is 17.0 Å². The summed E-state index contributed by atoms with van der Waals surface area (Å²) >= 11 is 0. The third-order valence-corrected chi connectivity index (χ3v) is 7.52. The van der Waals surface area contributed by atoms with Gasteiger partial charge in [-0.3, -0.25) is 4.79 Å². The predicted octanol–water partition coefficient (Wildman–Crippen LogP) is 4.64. The summed E-state index contributed by atoms with van der Waals surface area (Å²) in [4.78, 5) is 21.7. The monoisotopic (exact) mass is 522 g/mol. The molecule has 9 heteroatoms. The lowest BCUT2D eigenvalue weighted by molar-refractivity contribution is 0.0948. The van der Waals surface area contributed by atoms with Crippen LogP contribution in [0.4, 0.5) is 5.82 Å². The first-order valence-corrected chi connectivity index (χ1v) is 13.1. The number of ether oxygens (including phenoxy) is 1. The Hall–Kier alpha value is -4.50. The van der Waals surface area contributed by atoms with Crippen molar-refractivity contribution >= 4 is 33.5 Å². The molecule has 0 spiro atoms. The Morgan fingerprint density at radius 1 is 1.05 bits per heavy atom. The van der Waals surface area contributed by atoms with Crippen molar-refractivity contribution in [1.82, 2.24) is 25.1 Å². The number of anilines is 1. The minimum atomic E-state index is -0.252. The molecule has 0 saturated heterocycles. The van der Waals surface area contributed by atoms with Crippen LogP contribution in [0, 0.1) is 0 Å². The molecule has 0 bridgehead atoms. The molecular formula is C30H30N6O3. The highest BCUT2D eigenvalue weighted by molar-refractivity contribution is 6.01. The molecule has 198 valence electrons. The molecule has 1 aliphatic carbocycles. The summed E-state index contributed by atoms with van der Waals surface area (Å²) in [5, 5.41) is 20.6. The standard InChI is InChI=1S/C30H30N6O3/c1-39-25-15-21-5-3-2-4-20(21)14-24(25)30(38)32-16-18-6-8-19(9-7-18)27-26-28(31)33-17-34-29(26)36(35-27)22-10-12-23(37)13-11-22/h2-9,14-15,17,22-23,37H,10-13,16H2,1H3,(H,32,38)(H2,31,33,34). The van der Waals surface area contributed by atoms with Crippen molar-refractivity contribution in [2.24, 2.45) is 0 Å². The smallest absolute Gasteiger partial charge is 0.255 e. The number of aliphatic hydroxyl groups is 1. The van der Waals surface area contributed by atoms with Crippen LogP contribution in [0.5, 0.6) is 5.75 Å². The molecule has 3 aromatic carbocycles. The van der Waals surface area contributed by atoms with E-state index in [0.29, 0.717) is 29.3 Å². The van der Waals surface area contributed by atoms with Crippen LogP contribution >= 0.6 is 0 Å². The quantitative estimate of drug-likeness (QED) is 0.296. The van der Waals surface area contributed by atoms with Crippen LogP contribution < -0.4 is 15.8 Å². The summed E-state index contributed by atoms with van der Waals surface area (Å²) in [7, 11) is 1.57. The lowest BCUT2D eigenvalue weighted by Crippen LogP contribution is -2.23. The van der Waals surface area contributed by atoms with Gasteiger partial charge in [0.05, 0.1) is 30.2 Å². The Labute approximate surface area is 225 Å². The van der Waals surface area contributed by atoms with Crippen molar-refractivity contribution in [2.45, 2.75) is 44.4 Å². The molecule has 2 heterocycles. The number of nitrogens with one attached hydrogen (secondary N) is 1. The highest BCUT2D eigenvalue weighted by atomic mass is 16.5. The first-order chi connectivity index (χ1) is 19.0. The van der Waals surface area contributed by atoms with E-state index in [-0.39, 0.29) is 18.1 Å². The Bertz CT molecular complexity index is 1660. The highest BCUT2D eigenvalue weighted by Gasteiger charge is 2.26. The Kier molecular flexibility index (Phi) is 6.58. The zero-order chi connectivity index (χ0) is 26.9. The third-order valence-electron chi connectivity index (χ3n) is 7.52. The summed E-state index contributed by atoms with van der Waals surface area (Å²) < 4.78 is 7.43. The molecule has 4 N–H and O–H groups in total. The summed E-state index contributed by atoms with van der Waals surface area (Å²) in [6.07, 6.45) is 4.37. The van der Waals surface area contributed by atoms with Gasteiger partial charge < -0.3 is 20.9 Å². The average Bonchev–Trinajstić information content (AvgIpc) is 3.37. The van der Waals surface area contributed by atoms with Crippen molar-refractivity contribution in [3.05, 3.63) is 78.1 Å². The van der Waals surface area contributed by atoms with E-state index in [1.165, 1.54) is 6.33 Å². The van der Waals surface area contributed by atoms with Gasteiger partial charge in [0.25, 0.3) is 5.91 Å². The first-order valence-electron chi connectivity index (χ1n) is 13.1. The van der Waals surface area contributed by atoms with Crippen LogP contribution in [0.15, 0.2) is 67.0 Å². The van der Waals surface area contributed by atoms with E-state index in [2.05, 4.69) is 15.3 Å². The minimum absolute atomic E-state index is 0.153. The van der Waals surface area contributed by atoms with Gasteiger partial charge in [0.2, 0.25) is 0 Å². The van der Waals surface area contributed by atoms with Gasteiger partial charge in [0.1, 0.15) is 23.6 Å². The van der Waals surface area contributed by atoms with Crippen molar-refractivity contribution in [3.63, 3.8) is 0 Å². The fraction of sp³-hybridized carbons (Fsp3) is 0.267. The van der Waals surface area contributed by atoms with E-state index < -0.39 is 0 Å². The fourth-order valence-corrected chi connectivity index (χ4v) is 5.38. The van der Waals surface area contributed by atoms with E-state index in [4.69, 9.17) is 15.6 Å². The maximum Gasteiger partial charge on any atom is 0.255 e. The number of benzene rings is 3. The van der Waals surface area contributed by atoms with Gasteiger partial charge in [-0.2, -0.15) is 5.10 Å². The molecule has 1 aliphatic rings. The van der Waals surface area contributed by atoms with Crippen LogP contribution in [0.3, 0.4) is 0 Å². The molecule has 0 radical (unpaired) electrons. The number of rotatable bonds is 6. The van der Waals surface area contributed by atoms with E-state index in [9.17, 15) is 9.90 Å². The Morgan fingerprint density at radius 2 is 1.77 bits per heavy atom. The second-order valence-electron chi connectivity index (χ2n) is 9.99. The number of hydrogen-bond donors (Lipinski definition) is 3. The average molecular weight is 523 g/mol. The molecule has 0 unspecified atom stereocenters. The number of carbonyl (C=O) groups excluding carboxylic acids is 1. The molecule has 1 fully saturated rings. The third kappa shape index (κ3) is 4.77. The zero-order valence-electron chi connectivity index (χ0n) is 21.7. The largest absolute Gasteiger partial charge is 0.496 e. The molecule has 39 heavy (non-hydrogen) atoms. The van der Waals surface area contributed by atoms with E-state index in [1.807, 2.05) is 65.3 Å². The van der Waals surface area contributed by atoms with Gasteiger partial charge in [-0.15, -0.1) is 0 Å². The number of nitrogens with zero attached hydrogens (tertiary/aromatic N) is 4. The van der Waals surface area contributed by atoms with Crippen molar-refractivity contribution in [2.75, 3.05) is 12.8 Å². The summed E-state index contributed by atoms with van der Waals surface area (Å²) in [5.41, 5.74) is 10.0. The second-order valence-corrected chi connectivity index (χ2v) is 9.99. The first kappa shape index (κ1) is 24.8. The molecule has 9 nitrogen and oxygen atoms in total. The van der Waals surface area contributed by atoms with Gasteiger partial charge >= 0.3 is 0 Å². The van der Waals surface area contributed by atoms with Gasteiger partial charge in [-0.05, 0) is 54.2 Å². The normalized spacial score (nSPS) is 17.4. The van der Waals surface area contributed by atoms with Crippen LogP contribution in [0.1, 0.15) is 47.6 Å². The molecule has 5 aromatic rings. The Balaban J connectivity index is 1.23. The van der Waals surface area contributed by atoms with Crippen LogP contribution in [0.2, 0.25) is 0 Å². The van der Waals surface area contributed by atoms with Crippen LogP contribution in [-0.2, 0) is 6.54 Å². The molecule has 0 aliphatic heterocycles. The number of nitrogen functional groups attached to an aromatic ring is 1. The molecular weight excluding hydrogens is 492 g/mol. The molecule has 6 rings (SSSR count). The van der Waals surface area contributed by atoms with Crippen LogP contribution in [-0.4, -0.2) is 44.0 Å². The number of amides is 1. The maximum absolute atomic E-state index is 13.0. The molecule has 1 amide bonds. The van der Waals surface area contributed by atoms with Crippen molar-refractivity contribution in [1.29, 1.82) is 0 Å². The number of aromatic nitrogens is 4. The summed E-state index contributed by atoms with van der Waals surface area (Å²) in [6.45, 7) is 0.361. The second kappa shape index (κ2) is 10.3. The summed E-state index contributed by atoms with van der Waals surface area (Å²) in [6, 6.07) is 19.6. The molecule has 2 aromatic heterocycles. The number of methoxy groups -OCH3 is 1. The lowest BCUT2D eigenvalue weighted by Gasteiger charge is -2.25. The van der Waals surface area contributed by atoms with Crippen LogP contribution in [0.25, 0.3) is 33.1 Å². The maximum atomic E-state index is 13.0. The van der Waals surface area contributed by atoms with Crippen molar-refractivity contribution < 1.29 is 14.6 Å². The zero-order valence-corrected chi connectivity index (χ0v) is 21.7. The lowest BCUT2D eigenvalue weighted by atomic mass is 9.93. The fourth-order valence-electron chi connectivity index (χ4n) is 5.38. The number of hydrogen-bond acceptors (Lipinski definition) is 7. The van der Waals surface area contributed by atoms with Gasteiger partial charge in [-0.1, -0.05) is 48.5 Å². The van der Waals surface area contributed by atoms with E-state index >= 15 is 0 Å². The van der Waals surface area contributed by atoms with E-state index in [0.717, 1.165) is 58.7 Å². The van der Waals surface area contributed by atoms with Gasteiger partial charge in [-0.25, -0.2) is 14.6 Å². The summed E-state index contributed by atoms with van der Waals surface area (Å²) in [5.74, 6) is 0.725. The topological polar surface area (TPSA) is 128 Å². The number of fused-ring (bicyclic) bond motifs is 2. The van der Waals surface area contributed by atoms with E-state index in [1.54, 1.807) is 7.11 Å². The number of carbonyl (C=O) groups is 1. The SMILES string of the molecule is COc1cc2ccccc2cc1C(=O)NCc1ccc(-c2nn(C3CCC(O)CC3)c3ncnc(N)c23)cc1. The van der Waals surface area contributed by atoms with Gasteiger partial charge in [0, 0.05) is 12.1 Å². The predicted molar refractivity (Wildman–Crippen MR) is 150 cm³/mol. The highest BCUT2D eigenvalue weighted by Crippen LogP contribution is 2.36. The Morgan fingerprint density at radius 3 is 2.49 bits per heavy atom. The number of nitrogens with two attached hydrogens (primary N) is 1.